The van der Waals surface area contributed by atoms with Gasteiger partial charge in [0.05, 0.1) is 4.92 Å². The smallest absolute Gasteiger partial charge is 0.272 e. The zero-order valence-corrected chi connectivity index (χ0v) is 12.6. The fourth-order valence-corrected chi connectivity index (χ4v) is 2.43. The summed E-state index contributed by atoms with van der Waals surface area (Å²) in [5.41, 5.74) is 0.775. The number of aromatic nitrogens is 2. The maximum absolute atomic E-state index is 12.1. The van der Waals surface area contributed by atoms with Crippen molar-refractivity contribution in [3.8, 4) is 0 Å². The molecular weight excluding hydrogens is 292 g/mol. The highest BCUT2D eigenvalue weighted by Gasteiger charge is 2.15. The predicted molar refractivity (Wildman–Crippen MR) is 79.8 cm³/mol. The zero-order chi connectivity index (χ0) is 15.6. The van der Waals surface area contributed by atoms with Crippen LogP contribution in [0.2, 0.25) is 0 Å². The minimum absolute atomic E-state index is 0.00967. The number of rotatable bonds is 4. The molecule has 0 saturated carbocycles. The minimum Gasteiger partial charge on any atom is -0.296 e. The maximum Gasteiger partial charge on any atom is 0.272 e. The molecule has 110 valence electrons. The van der Waals surface area contributed by atoms with Gasteiger partial charge in [0.15, 0.2) is 0 Å². The SMILES string of the molecule is Cc1cc(C(=O)Nc2nnc(C(C)C)s2)ccc1[N+](=O)[O-]. The van der Waals surface area contributed by atoms with Crippen molar-refractivity contribution in [3.63, 3.8) is 0 Å². The molecular formula is C13H14N4O3S. The second-order valence-electron chi connectivity index (χ2n) is 4.81. The van der Waals surface area contributed by atoms with Gasteiger partial charge in [0.2, 0.25) is 5.13 Å². The molecule has 2 rings (SSSR count). The lowest BCUT2D eigenvalue weighted by atomic mass is 10.1. The number of aryl methyl sites for hydroxylation is 1. The van der Waals surface area contributed by atoms with E-state index in [2.05, 4.69) is 15.5 Å². The van der Waals surface area contributed by atoms with E-state index in [1.807, 2.05) is 13.8 Å². The van der Waals surface area contributed by atoms with Crippen LogP contribution >= 0.6 is 11.3 Å². The van der Waals surface area contributed by atoms with Gasteiger partial charge in [-0.15, -0.1) is 10.2 Å². The molecule has 0 radical (unpaired) electrons. The molecule has 0 atom stereocenters. The van der Waals surface area contributed by atoms with Crippen molar-refractivity contribution in [2.45, 2.75) is 26.7 Å². The van der Waals surface area contributed by atoms with E-state index < -0.39 is 4.92 Å². The van der Waals surface area contributed by atoms with E-state index in [0.717, 1.165) is 5.01 Å². The lowest BCUT2D eigenvalue weighted by Gasteiger charge is -2.03. The molecule has 0 aliphatic rings. The molecule has 0 unspecified atom stereocenters. The lowest BCUT2D eigenvalue weighted by molar-refractivity contribution is -0.385. The summed E-state index contributed by atoms with van der Waals surface area (Å²) in [7, 11) is 0. The number of hydrogen-bond donors (Lipinski definition) is 1. The Balaban J connectivity index is 2.16. The first-order valence-electron chi connectivity index (χ1n) is 6.28. The number of carbonyl (C=O) groups excluding carboxylic acids is 1. The number of nitro groups is 1. The van der Waals surface area contributed by atoms with Crippen molar-refractivity contribution in [2.24, 2.45) is 0 Å². The highest BCUT2D eigenvalue weighted by molar-refractivity contribution is 7.15. The molecule has 21 heavy (non-hydrogen) atoms. The molecule has 1 amide bonds. The first-order valence-corrected chi connectivity index (χ1v) is 7.10. The van der Waals surface area contributed by atoms with Crippen LogP contribution in [0, 0.1) is 17.0 Å². The van der Waals surface area contributed by atoms with Crippen molar-refractivity contribution in [3.05, 3.63) is 44.4 Å². The quantitative estimate of drug-likeness (QED) is 0.691. The second-order valence-corrected chi connectivity index (χ2v) is 5.82. The largest absolute Gasteiger partial charge is 0.296 e. The summed E-state index contributed by atoms with van der Waals surface area (Å²) >= 11 is 1.31. The standard InChI is InChI=1S/C13H14N4O3S/c1-7(2)12-15-16-13(21-12)14-11(18)9-4-5-10(17(19)20)8(3)6-9/h4-7H,1-3H3,(H,14,16,18). The number of nitrogens with zero attached hydrogens (tertiary/aromatic N) is 3. The van der Waals surface area contributed by atoms with E-state index >= 15 is 0 Å². The third-order valence-electron chi connectivity index (χ3n) is 2.81. The van der Waals surface area contributed by atoms with Crippen LogP contribution in [0.25, 0.3) is 0 Å². The predicted octanol–water partition coefficient (Wildman–Crippen LogP) is 3.13. The van der Waals surface area contributed by atoms with Crippen LogP contribution in [0.1, 0.15) is 40.7 Å². The summed E-state index contributed by atoms with van der Waals surface area (Å²) in [5.74, 6) is -0.116. The van der Waals surface area contributed by atoms with Crippen molar-refractivity contribution in [1.82, 2.24) is 10.2 Å². The molecule has 0 bridgehead atoms. The molecule has 0 fully saturated rings. The molecule has 0 spiro atoms. The molecule has 0 aliphatic carbocycles. The molecule has 0 saturated heterocycles. The van der Waals surface area contributed by atoms with E-state index in [9.17, 15) is 14.9 Å². The Bertz CT molecular complexity index is 696. The highest BCUT2D eigenvalue weighted by atomic mass is 32.1. The third-order valence-corrected chi connectivity index (χ3v) is 3.95. The number of benzene rings is 1. The van der Waals surface area contributed by atoms with E-state index in [0.29, 0.717) is 16.3 Å². The van der Waals surface area contributed by atoms with Gasteiger partial charge in [-0.1, -0.05) is 25.2 Å². The average molecular weight is 306 g/mol. The van der Waals surface area contributed by atoms with Gasteiger partial charge in [-0.05, 0) is 19.1 Å². The number of hydrogen-bond acceptors (Lipinski definition) is 6. The number of nitro benzene ring substituents is 1. The molecule has 8 heteroatoms. The van der Waals surface area contributed by atoms with Crippen LogP contribution in [-0.4, -0.2) is 21.0 Å². The Morgan fingerprint density at radius 2 is 2.10 bits per heavy atom. The van der Waals surface area contributed by atoms with Gasteiger partial charge >= 0.3 is 0 Å². The van der Waals surface area contributed by atoms with Crippen molar-refractivity contribution < 1.29 is 9.72 Å². The number of amides is 1. The number of carbonyl (C=O) groups is 1. The summed E-state index contributed by atoms with van der Waals surface area (Å²) < 4.78 is 0. The second kappa shape index (κ2) is 5.96. The molecule has 1 aromatic carbocycles. The Morgan fingerprint density at radius 3 is 2.62 bits per heavy atom. The topological polar surface area (TPSA) is 98.0 Å². The monoisotopic (exact) mass is 306 g/mol. The van der Waals surface area contributed by atoms with Gasteiger partial charge in [0.25, 0.3) is 11.6 Å². The molecule has 1 heterocycles. The van der Waals surface area contributed by atoms with E-state index in [-0.39, 0.29) is 17.5 Å². The molecule has 0 aliphatic heterocycles. The average Bonchev–Trinajstić information content (AvgIpc) is 2.86. The van der Waals surface area contributed by atoms with Gasteiger partial charge in [-0.25, -0.2) is 0 Å². The van der Waals surface area contributed by atoms with Crippen LogP contribution in [-0.2, 0) is 0 Å². The van der Waals surface area contributed by atoms with Crippen LogP contribution in [0.4, 0.5) is 10.8 Å². The van der Waals surface area contributed by atoms with Gasteiger partial charge in [0.1, 0.15) is 5.01 Å². The molecule has 1 aromatic heterocycles. The highest BCUT2D eigenvalue weighted by Crippen LogP contribution is 2.24. The Labute approximate surface area is 125 Å². The number of anilines is 1. The van der Waals surface area contributed by atoms with Crippen LogP contribution < -0.4 is 5.32 Å². The van der Waals surface area contributed by atoms with E-state index in [4.69, 9.17) is 0 Å². The molecule has 7 nitrogen and oxygen atoms in total. The third kappa shape index (κ3) is 3.40. The van der Waals surface area contributed by atoms with Gasteiger partial charge in [-0.3, -0.25) is 20.2 Å². The minimum atomic E-state index is -0.476. The van der Waals surface area contributed by atoms with Crippen LogP contribution in [0.15, 0.2) is 18.2 Å². The van der Waals surface area contributed by atoms with E-state index in [1.54, 1.807) is 6.92 Å². The number of nitrogens with one attached hydrogen (secondary N) is 1. The van der Waals surface area contributed by atoms with Gasteiger partial charge in [0, 0.05) is 23.1 Å². The van der Waals surface area contributed by atoms with Gasteiger partial charge in [-0.2, -0.15) is 0 Å². The Kier molecular flexibility index (Phi) is 4.27. The molecule has 2 aromatic rings. The summed E-state index contributed by atoms with van der Waals surface area (Å²) in [4.78, 5) is 22.4. The Hall–Kier alpha value is -2.35. The van der Waals surface area contributed by atoms with Crippen LogP contribution in [0.3, 0.4) is 0 Å². The van der Waals surface area contributed by atoms with Crippen molar-refractivity contribution in [1.29, 1.82) is 0 Å². The van der Waals surface area contributed by atoms with Crippen molar-refractivity contribution in [2.75, 3.05) is 5.32 Å². The fraction of sp³-hybridized carbons (Fsp3) is 0.308. The maximum atomic E-state index is 12.1. The van der Waals surface area contributed by atoms with Crippen LogP contribution in [0.5, 0.6) is 0 Å². The molecule has 1 N–H and O–H groups in total. The summed E-state index contributed by atoms with van der Waals surface area (Å²) in [6.45, 7) is 5.58. The summed E-state index contributed by atoms with van der Waals surface area (Å²) in [5, 5.41) is 22.5. The normalized spacial score (nSPS) is 10.7. The lowest BCUT2D eigenvalue weighted by Crippen LogP contribution is -2.12. The first-order chi connectivity index (χ1) is 9.88. The first kappa shape index (κ1) is 15.0. The fourth-order valence-electron chi connectivity index (χ4n) is 1.69. The van der Waals surface area contributed by atoms with E-state index in [1.165, 1.54) is 29.5 Å². The van der Waals surface area contributed by atoms with Gasteiger partial charge < -0.3 is 0 Å². The summed E-state index contributed by atoms with van der Waals surface area (Å²) in [6.07, 6.45) is 0. The summed E-state index contributed by atoms with van der Waals surface area (Å²) in [6, 6.07) is 4.23. The van der Waals surface area contributed by atoms with Crippen molar-refractivity contribution >= 4 is 28.1 Å². The zero-order valence-electron chi connectivity index (χ0n) is 11.8. The Morgan fingerprint density at radius 1 is 1.38 bits per heavy atom.